The van der Waals surface area contributed by atoms with Crippen molar-refractivity contribution in [1.29, 1.82) is 5.26 Å². The highest BCUT2D eigenvalue weighted by Gasteiger charge is 2.15. The Balaban J connectivity index is 1.74. The van der Waals surface area contributed by atoms with Gasteiger partial charge in [0, 0.05) is 13.1 Å². The lowest BCUT2D eigenvalue weighted by atomic mass is 10.2. The van der Waals surface area contributed by atoms with E-state index in [0.29, 0.717) is 18.1 Å². The summed E-state index contributed by atoms with van der Waals surface area (Å²) in [7, 11) is 0. The third-order valence-corrected chi connectivity index (χ3v) is 3.62. The average molecular weight is 279 g/mol. The van der Waals surface area contributed by atoms with Gasteiger partial charge in [-0.15, -0.1) is 0 Å². The highest BCUT2D eigenvalue weighted by Crippen LogP contribution is 2.24. The summed E-state index contributed by atoms with van der Waals surface area (Å²) in [6, 6.07) is 15.8. The number of hydrogen-bond acceptors (Lipinski definition) is 4. The first kappa shape index (κ1) is 13.4. The van der Waals surface area contributed by atoms with Crippen LogP contribution in [0.15, 0.2) is 42.5 Å². The van der Waals surface area contributed by atoms with Gasteiger partial charge in [0.2, 0.25) is 0 Å². The molecule has 0 spiro atoms. The van der Waals surface area contributed by atoms with Crippen LogP contribution >= 0.6 is 0 Å². The number of rotatable bonds is 4. The smallest absolute Gasteiger partial charge is 0.184 e. The van der Waals surface area contributed by atoms with Gasteiger partial charge in [0.1, 0.15) is 18.5 Å². The standard InChI is InChI=1S/C17H17N3O/c18-12-15-16(21-13-14-6-2-1-3-7-14)8-9-17(19-15)20-10-4-5-11-20/h1-3,6-9H,4-5,10-11,13H2. The Kier molecular flexibility index (Phi) is 4.02. The van der Waals surface area contributed by atoms with Gasteiger partial charge in [0.25, 0.3) is 0 Å². The highest BCUT2D eigenvalue weighted by atomic mass is 16.5. The Bertz CT molecular complexity index is 643. The fraction of sp³-hybridized carbons (Fsp3) is 0.294. The van der Waals surface area contributed by atoms with E-state index >= 15 is 0 Å². The molecule has 0 atom stereocenters. The number of nitrogens with zero attached hydrogens (tertiary/aromatic N) is 3. The van der Waals surface area contributed by atoms with Crippen LogP contribution < -0.4 is 9.64 Å². The second kappa shape index (κ2) is 6.27. The van der Waals surface area contributed by atoms with Gasteiger partial charge in [0.05, 0.1) is 0 Å². The van der Waals surface area contributed by atoms with Crippen LogP contribution in [0.2, 0.25) is 0 Å². The first-order chi connectivity index (χ1) is 10.4. The number of aromatic nitrogens is 1. The lowest BCUT2D eigenvalue weighted by Gasteiger charge is -2.17. The Labute approximate surface area is 124 Å². The van der Waals surface area contributed by atoms with Gasteiger partial charge in [-0.2, -0.15) is 5.26 Å². The zero-order chi connectivity index (χ0) is 14.5. The molecule has 4 heteroatoms. The van der Waals surface area contributed by atoms with E-state index in [0.717, 1.165) is 24.5 Å². The SMILES string of the molecule is N#Cc1nc(N2CCCC2)ccc1OCc1ccccc1. The maximum Gasteiger partial charge on any atom is 0.184 e. The summed E-state index contributed by atoms with van der Waals surface area (Å²) >= 11 is 0. The molecule has 0 aliphatic carbocycles. The van der Waals surface area contributed by atoms with Crippen molar-refractivity contribution < 1.29 is 4.74 Å². The molecule has 4 nitrogen and oxygen atoms in total. The van der Waals surface area contributed by atoms with Crippen molar-refractivity contribution in [3.63, 3.8) is 0 Å². The van der Waals surface area contributed by atoms with Crippen molar-refractivity contribution in [1.82, 2.24) is 4.98 Å². The maximum absolute atomic E-state index is 9.27. The number of benzene rings is 1. The van der Waals surface area contributed by atoms with Gasteiger partial charge in [-0.25, -0.2) is 4.98 Å². The molecule has 0 amide bonds. The molecule has 106 valence electrons. The minimum absolute atomic E-state index is 0.357. The summed E-state index contributed by atoms with van der Waals surface area (Å²) < 4.78 is 5.73. The summed E-state index contributed by atoms with van der Waals surface area (Å²) in [5.74, 6) is 1.42. The van der Waals surface area contributed by atoms with Gasteiger partial charge in [-0.3, -0.25) is 0 Å². The summed E-state index contributed by atoms with van der Waals surface area (Å²) in [6.45, 7) is 2.48. The molecule has 1 aliphatic heterocycles. The molecule has 2 heterocycles. The van der Waals surface area contributed by atoms with E-state index in [9.17, 15) is 5.26 Å². The van der Waals surface area contributed by atoms with Crippen LogP contribution in [0.5, 0.6) is 5.75 Å². The van der Waals surface area contributed by atoms with Crippen LogP contribution in [0.1, 0.15) is 24.1 Å². The second-order valence-electron chi connectivity index (χ2n) is 5.10. The molecule has 3 rings (SSSR count). The minimum atomic E-state index is 0.357. The predicted octanol–water partition coefficient (Wildman–Crippen LogP) is 3.13. The van der Waals surface area contributed by atoms with Gasteiger partial charge in [-0.1, -0.05) is 30.3 Å². The Morgan fingerprint density at radius 2 is 1.86 bits per heavy atom. The molecular weight excluding hydrogens is 262 g/mol. The van der Waals surface area contributed by atoms with Crippen LogP contribution in [0.4, 0.5) is 5.82 Å². The second-order valence-corrected chi connectivity index (χ2v) is 5.10. The summed E-state index contributed by atoms with van der Waals surface area (Å²) in [5, 5.41) is 9.27. The number of pyridine rings is 1. The Morgan fingerprint density at radius 3 is 2.57 bits per heavy atom. The first-order valence-corrected chi connectivity index (χ1v) is 7.19. The average Bonchev–Trinajstić information content (AvgIpc) is 3.08. The maximum atomic E-state index is 9.27. The zero-order valence-electron chi connectivity index (χ0n) is 11.8. The molecular formula is C17H17N3O. The van der Waals surface area contributed by atoms with Crippen LogP contribution in [0.25, 0.3) is 0 Å². The molecule has 1 aromatic carbocycles. The van der Waals surface area contributed by atoms with Gasteiger partial charge in [0.15, 0.2) is 11.4 Å². The van der Waals surface area contributed by atoms with E-state index in [4.69, 9.17) is 4.74 Å². The Morgan fingerprint density at radius 1 is 1.10 bits per heavy atom. The van der Waals surface area contributed by atoms with E-state index in [1.165, 1.54) is 12.8 Å². The summed E-state index contributed by atoms with van der Waals surface area (Å²) in [6.07, 6.45) is 2.38. The minimum Gasteiger partial charge on any atom is -0.486 e. The first-order valence-electron chi connectivity index (χ1n) is 7.19. The van der Waals surface area contributed by atoms with Crippen molar-refractivity contribution in [3.05, 3.63) is 53.7 Å². The quantitative estimate of drug-likeness (QED) is 0.862. The van der Waals surface area contributed by atoms with Crippen LogP contribution in [0.3, 0.4) is 0 Å². The van der Waals surface area contributed by atoms with Crippen molar-refractivity contribution in [3.8, 4) is 11.8 Å². The fourth-order valence-electron chi connectivity index (χ4n) is 2.49. The molecule has 0 saturated carbocycles. The van der Waals surface area contributed by atoms with Crippen LogP contribution in [0, 0.1) is 11.3 Å². The summed E-state index contributed by atoms with van der Waals surface area (Å²) in [4.78, 5) is 6.64. The van der Waals surface area contributed by atoms with Crippen molar-refractivity contribution in [2.45, 2.75) is 19.4 Å². The fourth-order valence-corrected chi connectivity index (χ4v) is 2.49. The van der Waals surface area contributed by atoms with E-state index in [-0.39, 0.29) is 0 Å². The van der Waals surface area contributed by atoms with Crippen molar-refractivity contribution in [2.24, 2.45) is 0 Å². The third-order valence-electron chi connectivity index (χ3n) is 3.62. The van der Waals surface area contributed by atoms with E-state index in [1.54, 1.807) is 0 Å². The van der Waals surface area contributed by atoms with Crippen molar-refractivity contribution in [2.75, 3.05) is 18.0 Å². The Hall–Kier alpha value is -2.54. The lowest BCUT2D eigenvalue weighted by Crippen LogP contribution is -2.19. The molecule has 0 unspecified atom stereocenters. The monoisotopic (exact) mass is 279 g/mol. The molecule has 2 aromatic rings. The topological polar surface area (TPSA) is 49.2 Å². The lowest BCUT2D eigenvalue weighted by molar-refractivity contribution is 0.304. The van der Waals surface area contributed by atoms with Gasteiger partial charge < -0.3 is 9.64 Å². The van der Waals surface area contributed by atoms with Crippen LogP contribution in [-0.4, -0.2) is 18.1 Å². The van der Waals surface area contributed by atoms with Crippen molar-refractivity contribution >= 4 is 5.82 Å². The summed E-state index contributed by atoms with van der Waals surface area (Å²) in [5.41, 5.74) is 1.43. The van der Waals surface area contributed by atoms with E-state index < -0.39 is 0 Å². The molecule has 1 aromatic heterocycles. The molecule has 21 heavy (non-hydrogen) atoms. The van der Waals surface area contributed by atoms with Gasteiger partial charge >= 0.3 is 0 Å². The van der Waals surface area contributed by atoms with Crippen LogP contribution in [-0.2, 0) is 6.61 Å². The highest BCUT2D eigenvalue weighted by molar-refractivity contribution is 5.48. The zero-order valence-corrected chi connectivity index (χ0v) is 11.8. The number of hydrogen-bond donors (Lipinski definition) is 0. The molecule has 1 aliphatic rings. The third kappa shape index (κ3) is 3.14. The molecule has 0 bridgehead atoms. The predicted molar refractivity (Wildman–Crippen MR) is 81.2 cm³/mol. The van der Waals surface area contributed by atoms with Gasteiger partial charge in [-0.05, 0) is 30.5 Å². The van der Waals surface area contributed by atoms with E-state index in [1.807, 2.05) is 42.5 Å². The molecule has 1 saturated heterocycles. The van der Waals surface area contributed by atoms with E-state index in [2.05, 4.69) is 16.0 Å². The number of anilines is 1. The largest absolute Gasteiger partial charge is 0.486 e. The molecule has 1 fully saturated rings. The normalized spacial score (nSPS) is 14.0. The molecule has 0 N–H and O–H groups in total. The number of nitriles is 1. The molecule has 0 radical (unpaired) electrons. The number of ether oxygens (including phenoxy) is 1.